The molecule has 1 atom stereocenters. The summed E-state index contributed by atoms with van der Waals surface area (Å²) < 4.78 is 17.2. The molecular formula is C49H84O5. The van der Waals surface area contributed by atoms with Crippen LogP contribution in [0.3, 0.4) is 0 Å². The molecule has 0 aromatic carbocycles. The predicted molar refractivity (Wildman–Crippen MR) is 233 cm³/mol. The van der Waals surface area contributed by atoms with E-state index < -0.39 is 6.10 Å². The molecule has 0 bridgehead atoms. The van der Waals surface area contributed by atoms with Gasteiger partial charge in [0.2, 0.25) is 0 Å². The molecule has 0 saturated carbocycles. The van der Waals surface area contributed by atoms with Crippen LogP contribution < -0.4 is 0 Å². The van der Waals surface area contributed by atoms with Crippen LogP contribution >= 0.6 is 0 Å². The van der Waals surface area contributed by atoms with Gasteiger partial charge in [0.25, 0.3) is 0 Å². The number of esters is 2. The van der Waals surface area contributed by atoms with Crippen molar-refractivity contribution in [3.63, 3.8) is 0 Å². The van der Waals surface area contributed by atoms with Crippen molar-refractivity contribution in [3.8, 4) is 0 Å². The van der Waals surface area contributed by atoms with E-state index in [1.54, 1.807) is 0 Å². The summed E-state index contributed by atoms with van der Waals surface area (Å²) in [6.45, 7) is 7.56. The first kappa shape index (κ1) is 51.3. The van der Waals surface area contributed by atoms with Crippen molar-refractivity contribution in [2.45, 2.75) is 207 Å². The first-order chi connectivity index (χ1) is 26.6. The molecule has 0 N–H and O–H groups in total. The zero-order valence-electron chi connectivity index (χ0n) is 35.5. The number of unbranched alkanes of at least 4 members (excludes halogenated alkanes) is 17. The third kappa shape index (κ3) is 42.1. The van der Waals surface area contributed by atoms with Gasteiger partial charge in [-0.25, -0.2) is 0 Å². The maximum Gasteiger partial charge on any atom is 0.306 e. The summed E-state index contributed by atoms with van der Waals surface area (Å²) in [4.78, 5) is 25.1. The molecule has 0 heterocycles. The lowest BCUT2D eigenvalue weighted by Crippen LogP contribution is -2.30. The van der Waals surface area contributed by atoms with Crippen LogP contribution in [0.2, 0.25) is 0 Å². The lowest BCUT2D eigenvalue weighted by atomic mass is 10.1. The van der Waals surface area contributed by atoms with Crippen LogP contribution in [0, 0.1) is 0 Å². The van der Waals surface area contributed by atoms with Crippen molar-refractivity contribution < 1.29 is 23.8 Å². The minimum Gasteiger partial charge on any atom is -0.462 e. The zero-order valence-corrected chi connectivity index (χ0v) is 35.5. The second-order valence-corrected chi connectivity index (χ2v) is 14.6. The van der Waals surface area contributed by atoms with Crippen LogP contribution in [-0.2, 0) is 23.8 Å². The molecule has 0 aliphatic heterocycles. The van der Waals surface area contributed by atoms with E-state index in [1.165, 1.54) is 70.6 Å². The van der Waals surface area contributed by atoms with Crippen LogP contribution in [0.4, 0.5) is 0 Å². The van der Waals surface area contributed by atoms with Crippen LogP contribution in [0.25, 0.3) is 0 Å². The number of hydrogen-bond acceptors (Lipinski definition) is 5. The smallest absolute Gasteiger partial charge is 0.306 e. The topological polar surface area (TPSA) is 61.8 Å². The van der Waals surface area contributed by atoms with E-state index in [9.17, 15) is 9.59 Å². The summed E-state index contributed by atoms with van der Waals surface area (Å²) in [6, 6.07) is 0. The first-order valence-corrected chi connectivity index (χ1v) is 22.5. The molecule has 1 unspecified atom stereocenters. The molecule has 54 heavy (non-hydrogen) atoms. The number of allylic oxidation sites excluding steroid dienone is 12. The van der Waals surface area contributed by atoms with Crippen molar-refractivity contribution in [3.05, 3.63) is 72.9 Å². The van der Waals surface area contributed by atoms with E-state index in [1.807, 2.05) is 0 Å². The van der Waals surface area contributed by atoms with E-state index in [-0.39, 0.29) is 25.2 Å². The third-order valence-corrected chi connectivity index (χ3v) is 9.23. The van der Waals surface area contributed by atoms with Crippen LogP contribution in [0.15, 0.2) is 72.9 Å². The van der Waals surface area contributed by atoms with E-state index in [0.717, 1.165) is 96.3 Å². The number of ether oxygens (including phenoxy) is 3. The van der Waals surface area contributed by atoms with Gasteiger partial charge in [-0.15, -0.1) is 0 Å². The van der Waals surface area contributed by atoms with Crippen molar-refractivity contribution in [1.29, 1.82) is 0 Å². The summed E-state index contributed by atoms with van der Waals surface area (Å²) in [7, 11) is 0. The molecule has 5 heteroatoms. The van der Waals surface area contributed by atoms with Crippen molar-refractivity contribution in [2.24, 2.45) is 0 Å². The number of rotatable bonds is 40. The van der Waals surface area contributed by atoms with Gasteiger partial charge in [0, 0.05) is 19.4 Å². The third-order valence-electron chi connectivity index (χ3n) is 9.23. The largest absolute Gasteiger partial charge is 0.462 e. The molecular weight excluding hydrogens is 669 g/mol. The maximum atomic E-state index is 12.6. The second-order valence-electron chi connectivity index (χ2n) is 14.6. The minimum absolute atomic E-state index is 0.0687. The summed E-state index contributed by atoms with van der Waals surface area (Å²) >= 11 is 0. The van der Waals surface area contributed by atoms with Crippen molar-refractivity contribution in [2.75, 3.05) is 19.8 Å². The number of hydrogen-bond donors (Lipinski definition) is 0. The van der Waals surface area contributed by atoms with Gasteiger partial charge in [-0.1, -0.05) is 177 Å². The average Bonchev–Trinajstić information content (AvgIpc) is 3.17. The highest BCUT2D eigenvalue weighted by atomic mass is 16.6. The molecule has 0 aromatic rings. The van der Waals surface area contributed by atoms with Gasteiger partial charge in [-0.05, 0) is 83.5 Å². The fourth-order valence-electron chi connectivity index (χ4n) is 5.87. The normalized spacial score (nSPS) is 12.9. The lowest BCUT2D eigenvalue weighted by molar-refractivity contribution is -0.163. The minimum atomic E-state index is -0.549. The second kappa shape index (κ2) is 44.7. The van der Waals surface area contributed by atoms with Gasteiger partial charge in [0.15, 0.2) is 6.10 Å². The van der Waals surface area contributed by atoms with E-state index in [0.29, 0.717) is 19.4 Å². The van der Waals surface area contributed by atoms with Gasteiger partial charge in [-0.2, -0.15) is 0 Å². The molecule has 0 aromatic heterocycles. The van der Waals surface area contributed by atoms with Gasteiger partial charge in [-0.3, -0.25) is 9.59 Å². The highest BCUT2D eigenvalue weighted by Gasteiger charge is 2.17. The quantitative estimate of drug-likeness (QED) is 0.0354. The van der Waals surface area contributed by atoms with E-state index in [4.69, 9.17) is 14.2 Å². The zero-order chi connectivity index (χ0) is 39.3. The van der Waals surface area contributed by atoms with Gasteiger partial charge < -0.3 is 14.2 Å². The Labute approximate surface area is 334 Å². The Bertz CT molecular complexity index is 988. The van der Waals surface area contributed by atoms with E-state index >= 15 is 0 Å². The maximum absolute atomic E-state index is 12.6. The Balaban J connectivity index is 4.21. The van der Waals surface area contributed by atoms with E-state index in [2.05, 4.69) is 93.7 Å². The number of carbonyl (C=O) groups excluding carboxylic acids is 2. The fourth-order valence-corrected chi connectivity index (χ4v) is 5.87. The van der Waals surface area contributed by atoms with Crippen LogP contribution in [-0.4, -0.2) is 37.9 Å². The van der Waals surface area contributed by atoms with Crippen molar-refractivity contribution in [1.82, 2.24) is 0 Å². The standard InChI is InChI=1S/C49H84O5/c1-4-7-10-13-16-18-20-21-22-23-24-25-26-27-28-30-32-35-38-41-44-52-45-47(54-49(51)43-40-37-33-15-12-9-6-3)46-53-48(50)42-39-36-34-31-29-19-17-14-11-8-5-2/h7,10,14,16-18,21-22,24-25,27-28,47H,4-6,8-9,11-13,15,19-20,23,26,29-46H2,1-3H3/b10-7-,17-14-,18-16-,22-21-,25-24-,28-27-. The SMILES string of the molecule is CC/C=C\C/C=C\C/C=C\C/C=C\C/C=C\CCCCCCOCC(COC(=O)CCCCCCC/C=C\CCCC)OC(=O)CCCCCCCCC. The van der Waals surface area contributed by atoms with Gasteiger partial charge >= 0.3 is 11.9 Å². The number of carbonyl (C=O) groups is 2. The highest BCUT2D eigenvalue weighted by Crippen LogP contribution is 2.12. The fraction of sp³-hybridized carbons (Fsp3) is 0.714. The van der Waals surface area contributed by atoms with Crippen molar-refractivity contribution >= 4 is 11.9 Å². The Morgan fingerprint density at radius 3 is 1.41 bits per heavy atom. The average molecular weight is 753 g/mol. The molecule has 0 fully saturated rings. The Hall–Kier alpha value is -2.66. The van der Waals surface area contributed by atoms with Crippen LogP contribution in [0.5, 0.6) is 0 Å². The Morgan fingerprint density at radius 1 is 0.426 bits per heavy atom. The van der Waals surface area contributed by atoms with Crippen LogP contribution in [0.1, 0.15) is 201 Å². The molecule has 0 radical (unpaired) electrons. The monoisotopic (exact) mass is 753 g/mol. The lowest BCUT2D eigenvalue weighted by Gasteiger charge is -2.18. The van der Waals surface area contributed by atoms with Gasteiger partial charge in [0.1, 0.15) is 6.61 Å². The summed E-state index contributed by atoms with van der Waals surface area (Å²) in [5.41, 5.74) is 0. The molecule has 310 valence electrons. The summed E-state index contributed by atoms with van der Waals surface area (Å²) in [5.74, 6) is -0.432. The Morgan fingerprint density at radius 2 is 0.852 bits per heavy atom. The molecule has 0 amide bonds. The molecule has 0 saturated heterocycles. The molecule has 5 nitrogen and oxygen atoms in total. The highest BCUT2D eigenvalue weighted by molar-refractivity contribution is 5.70. The molecule has 0 spiro atoms. The molecule has 0 aliphatic carbocycles. The first-order valence-electron chi connectivity index (χ1n) is 22.5. The molecule has 0 aliphatic rings. The summed E-state index contributed by atoms with van der Waals surface area (Å²) in [5, 5.41) is 0. The van der Waals surface area contributed by atoms with Gasteiger partial charge in [0.05, 0.1) is 6.61 Å². The summed E-state index contributed by atoms with van der Waals surface area (Å²) in [6.07, 6.45) is 56.3. The molecule has 0 rings (SSSR count). The Kier molecular flexibility index (Phi) is 42.5. The predicted octanol–water partition coefficient (Wildman–Crippen LogP) is 14.8.